The van der Waals surface area contributed by atoms with Gasteiger partial charge in [0.05, 0.1) is 6.61 Å². The number of ether oxygens (including phenoxy) is 2. The second-order valence-corrected chi connectivity index (χ2v) is 3.87. The summed E-state index contributed by atoms with van der Waals surface area (Å²) < 4.78 is 10.9. The van der Waals surface area contributed by atoms with Gasteiger partial charge in [-0.3, -0.25) is 0 Å². The highest BCUT2D eigenvalue weighted by Crippen LogP contribution is 2.13. The van der Waals surface area contributed by atoms with Crippen molar-refractivity contribution in [3.8, 4) is 0 Å². The minimum atomic E-state index is 0.0439. The standard InChI is InChI=1S/C10H17BrO2/c11-7-3-1-4-8-12-10-6-2-5-9-13-10/h1,4,10H,2-3,5-9H2/b4-1-. The summed E-state index contributed by atoms with van der Waals surface area (Å²) in [5.41, 5.74) is 0. The molecule has 3 heteroatoms. The van der Waals surface area contributed by atoms with Gasteiger partial charge in [-0.05, 0) is 25.7 Å². The van der Waals surface area contributed by atoms with E-state index in [1.807, 2.05) is 0 Å². The Morgan fingerprint density at radius 2 is 2.31 bits per heavy atom. The molecule has 1 aliphatic heterocycles. The lowest BCUT2D eigenvalue weighted by Gasteiger charge is -2.21. The Balaban J connectivity index is 1.97. The molecular weight excluding hydrogens is 232 g/mol. The summed E-state index contributed by atoms with van der Waals surface area (Å²) in [6.45, 7) is 1.54. The molecule has 0 N–H and O–H groups in total. The zero-order valence-electron chi connectivity index (χ0n) is 7.88. The van der Waals surface area contributed by atoms with Gasteiger partial charge in [0.25, 0.3) is 0 Å². The second kappa shape index (κ2) is 7.54. The first kappa shape index (κ1) is 11.2. The molecule has 2 nitrogen and oxygen atoms in total. The predicted molar refractivity (Wildman–Crippen MR) is 57.1 cm³/mol. The molecule has 1 rings (SSSR count). The Kier molecular flexibility index (Phi) is 6.50. The molecule has 1 fully saturated rings. The summed E-state index contributed by atoms with van der Waals surface area (Å²) in [6, 6.07) is 0. The minimum absolute atomic E-state index is 0.0439. The smallest absolute Gasteiger partial charge is 0.157 e. The number of hydrogen-bond donors (Lipinski definition) is 0. The first-order valence-corrected chi connectivity index (χ1v) is 6.00. The van der Waals surface area contributed by atoms with Crippen molar-refractivity contribution in [2.75, 3.05) is 18.5 Å². The summed E-state index contributed by atoms with van der Waals surface area (Å²) in [4.78, 5) is 0. The van der Waals surface area contributed by atoms with Gasteiger partial charge in [-0.25, -0.2) is 0 Å². The lowest BCUT2D eigenvalue weighted by molar-refractivity contribution is -0.155. The van der Waals surface area contributed by atoms with Gasteiger partial charge in [-0.2, -0.15) is 0 Å². The molecule has 76 valence electrons. The van der Waals surface area contributed by atoms with E-state index >= 15 is 0 Å². The van der Waals surface area contributed by atoms with E-state index in [1.165, 1.54) is 12.8 Å². The third kappa shape index (κ3) is 5.45. The van der Waals surface area contributed by atoms with Crippen LogP contribution in [0.4, 0.5) is 0 Å². The van der Waals surface area contributed by atoms with E-state index in [9.17, 15) is 0 Å². The predicted octanol–water partition coefficient (Wildman–Crippen LogP) is 2.87. The molecule has 0 aromatic rings. The van der Waals surface area contributed by atoms with Crippen LogP contribution in [-0.2, 0) is 9.47 Å². The van der Waals surface area contributed by atoms with Gasteiger partial charge in [0.15, 0.2) is 6.29 Å². The van der Waals surface area contributed by atoms with E-state index in [2.05, 4.69) is 28.1 Å². The molecule has 0 aromatic heterocycles. The van der Waals surface area contributed by atoms with Gasteiger partial charge < -0.3 is 9.47 Å². The Hall–Kier alpha value is 0.140. The molecule has 1 atom stereocenters. The largest absolute Gasteiger partial charge is 0.353 e. The normalized spacial score (nSPS) is 23.9. The molecule has 0 saturated carbocycles. The van der Waals surface area contributed by atoms with Crippen molar-refractivity contribution >= 4 is 15.9 Å². The van der Waals surface area contributed by atoms with Crippen LogP contribution in [0.2, 0.25) is 0 Å². The van der Waals surface area contributed by atoms with E-state index < -0.39 is 0 Å². The van der Waals surface area contributed by atoms with Gasteiger partial charge in [0.2, 0.25) is 0 Å². The first-order valence-electron chi connectivity index (χ1n) is 4.87. The van der Waals surface area contributed by atoms with Gasteiger partial charge >= 0.3 is 0 Å². The van der Waals surface area contributed by atoms with Crippen LogP contribution < -0.4 is 0 Å². The second-order valence-electron chi connectivity index (χ2n) is 3.08. The fourth-order valence-corrected chi connectivity index (χ4v) is 1.52. The lowest BCUT2D eigenvalue weighted by atomic mass is 10.2. The Morgan fingerprint density at radius 3 is 3.00 bits per heavy atom. The van der Waals surface area contributed by atoms with Gasteiger partial charge in [0.1, 0.15) is 0 Å². The molecule has 0 bridgehead atoms. The van der Waals surface area contributed by atoms with Gasteiger partial charge in [-0.1, -0.05) is 28.1 Å². The van der Waals surface area contributed by atoms with Crippen molar-refractivity contribution in [1.29, 1.82) is 0 Å². The van der Waals surface area contributed by atoms with E-state index in [0.29, 0.717) is 6.61 Å². The van der Waals surface area contributed by atoms with E-state index in [4.69, 9.17) is 9.47 Å². The van der Waals surface area contributed by atoms with Crippen LogP contribution in [0.15, 0.2) is 12.2 Å². The molecule has 0 aliphatic carbocycles. The summed E-state index contributed by atoms with van der Waals surface area (Å²) in [6.07, 6.45) is 8.75. The topological polar surface area (TPSA) is 18.5 Å². The van der Waals surface area contributed by atoms with E-state index in [0.717, 1.165) is 24.8 Å². The fraction of sp³-hybridized carbons (Fsp3) is 0.800. The van der Waals surface area contributed by atoms with Crippen LogP contribution in [0.25, 0.3) is 0 Å². The number of allylic oxidation sites excluding steroid dienone is 1. The summed E-state index contributed by atoms with van der Waals surface area (Å²) >= 11 is 3.36. The number of alkyl halides is 1. The maximum absolute atomic E-state index is 5.51. The molecule has 0 radical (unpaired) electrons. The van der Waals surface area contributed by atoms with Crippen LogP contribution in [0.1, 0.15) is 25.7 Å². The maximum atomic E-state index is 5.51. The molecule has 0 amide bonds. The Labute approximate surface area is 88.4 Å². The SMILES string of the molecule is BrCC/C=C\COC1CCCCO1. The molecule has 1 heterocycles. The maximum Gasteiger partial charge on any atom is 0.157 e. The first-order chi connectivity index (χ1) is 6.43. The van der Waals surface area contributed by atoms with Crippen molar-refractivity contribution in [3.63, 3.8) is 0 Å². The van der Waals surface area contributed by atoms with Crippen LogP contribution in [0, 0.1) is 0 Å². The molecular formula is C10H17BrO2. The van der Waals surface area contributed by atoms with Crippen molar-refractivity contribution < 1.29 is 9.47 Å². The lowest BCUT2D eigenvalue weighted by Crippen LogP contribution is -2.22. The average molecular weight is 249 g/mol. The summed E-state index contributed by atoms with van der Waals surface area (Å²) in [5.74, 6) is 0. The summed E-state index contributed by atoms with van der Waals surface area (Å²) in [7, 11) is 0. The molecule has 1 unspecified atom stereocenters. The van der Waals surface area contributed by atoms with Crippen molar-refractivity contribution in [1.82, 2.24) is 0 Å². The zero-order valence-corrected chi connectivity index (χ0v) is 9.46. The van der Waals surface area contributed by atoms with Crippen molar-refractivity contribution in [2.24, 2.45) is 0 Å². The molecule has 1 aliphatic rings. The average Bonchev–Trinajstić information content (AvgIpc) is 2.19. The number of halogens is 1. The van der Waals surface area contributed by atoms with Gasteiger partial charge in [-0.15, -0.1) is 0 Å². The molecule has 1 saturated heterocycles. The van der Waals surface area contributed by atoms with E-state index in [1.54, 1.807) is 0 Å². The van der Waals surface area contributed by atoms with Crippen LogP contribution in [-0.4, -0.2) is 24.8 Å². The highest BCUT2D eigenvalue weighted by Gasteiger charge is 2.12. The van der Waals surface area contributed by atoms with Crippen molar-refractivity contribution in [3.05, 3.63) is 12.2 Å². The van der Waals surface area contributed by atoms with Crippen LogP contribution in [0.5, 0.6) is 0 Å². The Bertz CT molecular complexity index is 142. The molecule has 0 spiro atoms. The third-order valence-corrected chi connectivity index (χ3v) is 2.42. The molecule has 0 aromatic carbocycles. The number of hydrogen-bond acceptors (Lipinski definition) is 2. The molecule has 13 heavy (non-hydrogen) atoms. The van der Waals surface area contributed by atoms with Crippen LogP contribution >= 0.6 is 15.9 Å². The number of rotatable bonds is 5. The fourth-order valence-electron chi connectivity index (χ4n) is 1.25. The highest BCUT2D eigenvalue weighted by atomic mass is 79.9. The summed E-state index contributed by atoms with van der Waals surface area (Å²) in [5, 5.41) is 1.02. The zero-order chi connectivity index (χ0) is 9.36. The minimum Gasteiger partial charge on any atom is -0.353 e. The highest BCUT2D eigenvalue weighted by molar-refractivity contribution is 9.09. The Morgan fingerprint density at radius 1 is 1.38 bits per heavy atom. The third-order valence-electron chi connectivity index (χ3n) is 1.96. The monoisotopic (exact) mass is 248 g/mol. The van der Waals surface area contributed by atoms with Crippen molar-refractivity contribution in [2.45, 2.75) is 32.0 Å². The van der Waals surface area contributed by atoms with Crippen LogP contribution in [0.3, 0.4) is 0 Å². The van der Waals surface area contributed by atoms with Gasteiger partial charge in [0, 0.05) is 11.9 Å². The quantitative estimate of drug-likeness (QED) is 0.551. The van der Waals surface area contributed by atoms with E-state index in [-0.39, 0.29) is 6.29 Å².